The molecule has 2 aliphatic rings. The predicted octanol–water partition coefficient (Wildman–Crippen LogP) is 2.21. The molecule has 1 fully saturated rings. The van der Waals surface area contributed by atoms with Gasteiger partial charge in [-0.3, -0.25) is 10.1 Å². The zero-order valence-electron chi connectivity index (χ0n) is 8.97. The Balaban J connectivity index is 2.06. The number of hydrogen-bond acceptors (Lipinski definition) is 4. The van der Waals surface area contributed by atoms with Gasteiger partial charge in [0.05, 0.1) is 4.92 Å². The Hall–Kier alpha value is -1.62. The zero-order valence-corrected chi connectivity index (χ0v) is 8.97. The Morgan fingerprint density at radius 3 is 2.88 bits per heavy atom. The molecule has 2 atom stereocenters. The van der Waals surface area contributed by atoms with Gasteiger partial charge in [0.25, 0.3) is 5.69 Å². The van der Waals surface area contributed by atoms with Crippen LogP contribution in [0.4, 0.5) is 5.69 Å². The highest BCUT2D eigenvalue weighted by Gasteiger charge is 2.56. The van der Waals surface area contributed by atoms with Crippen molar-refractivity contribution in [3.63, 3.8) is 0 Å². The van der Waals surface area contributed by atoms with Crippen molar-refractivity contribution in [3.8, 4) is 5.75 Å². The van der Waals surface area contributed by atoms with E-state index in [9.17, 15) is 10.1 Å². The number of nitro benzene ring substituents is 1. The van der Waals surface area contributed by atoms with Crippen LogP contribution in [-0.4, -0.2) is 16.6 Å². The van der Waals surface area contributed by atoms with Crippen LogP contribution < -0.4 is 4.74 Å². The van der Waals surface area contributed by atoms with Crippen LogP contribution in [0.3, 0.4) is 0 Å². The molecule has 0 amide bonds. The Bertz CT molecular complexity index is 483. The van der Waals surface area contributed by atoms with Crippen molar-refractivity contribution in [1.82, 2.24) is 0 Å². The third kappa shape index (κ3) is 1.21. The summed E-state index contributed by atoms with van der Waals surface area (Å²) in [4.78, 5) is 10.3. The van der Waals surface area contributed by atoms with Crippen molar-refractivity contribution >= 4 is 5.69 Å². The molecule has 1 aromatic carbocycles. The SMILES string of the molecule is CC1(C)Oc2ccc([N+](=O)[O-])cc2C2O[C@H]21. The van der Waals surface area contributed by atoms with Crippen LogP contribution in [0.2, 0.25) is 0 Å². The summed E-state index contributed by atoms with van der Waals surface area (Å²) >= 11 is 0. The highest BCUT2D eigenvalue weighted by Crippen LogP contribution is 2.54. The summed E-state index contributed by atoms with van der Waals surface area (Å²) in [5, 5.41) is 10.7. The van der Waals surface area contributed by atoms with E-state index in [0.29, 0.717) is 5.75 Å². The molecule has 16 heavy (non-hydrogen) atoms. The van der Waals surface area contributed by atoms with E-state index in [0.717, 1.165) is 5.56 Å². The number of rotatable bonds is 1. The second-order valence-corrected chi connectivity index (χ2v) is 4.66. The van der Waals surface area contributed by atoms with Crippen molar-refractivity contribution in [2.75, 3.05) is 0 Å². The van der Waals surface area contributed by atoms with Gasteiger partial charge in [-0.25, -0.2) is 0 Å². The molecule has 2 aliphatic heterocycles. The minimum absolute atomic E-state index is 0.0157. The highest BCUT2D eigenvalue weighted by molar-refractivity contribution is 5.49. The monoisotopic (exact) mass is 221 g/mol. The second-order valence-electron chi connectivity index (χ2n) is 4.66. The summed E-state index contributed by atoms with van der Waals surface area (Å²) in [5.74, 6) is 0.689. The van der Waals surface area contributed by atoms with E-state index in [1.54, 1.807) is 6.07 Å². The first-order valence-electron chi connectivity index (χ1n) is 5.12. The van der Waals surface area contributed by atoms with Gasteiger partial charge in [0.15, 0.2) is 0 Å². The molecule has 84 valence electrons. The van der Waals surface area contributed by atoms with Crippen LogP contribution in [0.25, 0.3) is 0 Å². The maximum atomic E-state index is 10.7. The standard InChI is InChI=1S/C11H11NO4/c1-11(2)10-9(15-10)7-5-6(12(13)14)3-4-8(7)16-11/h3-5,9-10H,1-2H3/t9?,10-/m1/s1. The van der Waals surface area contributed by atoms with Crippen LogP contribution >= 0.6 is 0 Å². The average Bonchev–Trinajstić information content (AvgIpc) is 2.97. The number of non-ortho nitro benzene ring substituents is 1. The molecule has 2 heterocycles. The molecule has 0 N–H and O–H groups in total. The molecular formula is C11H11NO4. The van der Waals surface area contributed by atoms with Gasteiger partial charge in [-0.2, -0.15) is 0 Å². The number of ether oxygens (including phenoxy) is 2. The smallest absolute Gasteiger partial charge is 0.270 e. The number of benzene rings is 1. The molecule has 1 saturated heterocycles. The molecule has 5 nitrogen and oxygen atoms in total. The lowest BCUT2D eigenvalue weighted by molar-refractivity contribution is -0.385. The largest absolute Gasteiger partial charge is 0.485 e. The fourth-order valence-corrected chi connectivity index (χ4v) is 2.18. The van der Waals surface area contributed by atoms with Crippen molar-refractivity contribution in [2.24, 2.45) is 0 Å². The van der Waals surface area contributed by atoms with Gasteiger partial charge in [0, 0.05) is 17.7 Å². The van der Waals surface area contributed by atoms with Gasteiger partial charge in [0.2, 0.25) is 0 Å². The Kier molecular flexibility index (Phi) is 1.64. The molecule has 5 heteroatoms. The summed E-state index contributed by atoms with van der Waals surface area (Å²) in [6.07, 6.45) is -0.0272. The maximum Gasteiger partial charge on any atom is 0.270 e. The van der Waals surface area contributed by atoms with Crippen molar-refractivity contribution in [3.05, 3.63) is 33.9 Å². The first-order valence-corrected chi connectivity index (χ1v) is 5.12. The Morgan fingerprint density at radius 1 is 1.44 bits per heavy atom. The fourth-order valence-electron chi connectivity index (χ4n) is 2.18. The van der Waals surface area contributed by atoms with Gasteiger partial charge in [-0.1, -0.05) is 0 Å². The van der Waals surface area contributed by atoms with Crippen LogP contribution in [0.15, 0.2) is 18.2 Å². The fraction of sp³-hybridized carbons (Fsp3) is 0.455. The Labute approximate surface area is 92.1 Å². The van der Waals surface area contributed by atoms with E-state index in [4.69, 9.17) is 9.47 Å². The van der Waals surface area contributed by atoms with Crippen LogP contribution in [0.1, 0.15) is 25.5 Å². The second kappa shape index (κ2) is 2.74. The van der Waals surface area contributed by atoms with E-state index < -0.39 is 4.92 Å². The topological polar surface area (TPSA) is 64.9 Å². The minimum atomic E-state index is -0.405. The van der Waals surface area contributed by atoms with E-state index in [2.05, 4.69) is 0 Å². The maximum absolute atomic E-state index is 10.7. The van der Waals surface area contributed by atoms with Gasteiger partial charge in [-0.15, -0.1) is 0 Å². The number of hydrogen-bond donors (Lipinski definition) is 0. The van der Waals surface area contributed by atoms with E-state index in [1.807, 2.05) is 13.8 Å². The van der Waals surface area contributed by atoms with Gasteiger partial charge in [-0.05, 0) is 19.9 Å². The predicted molar refractivity (Wildman–Crippen MR) is 55.4 cm³/mol. The van der Waals surface area contributed by atoms with E-state index in [-0.39, 0.29) is 23.5 Å². The molecule has 0 aromatic heterocycles. The minimum Gasteiger partial charge on any atom is -0.485 e. The normalized spacial score (nSPS) is 28.6. The summed E-state index contributed by atoms with van der Waals surface area (Å²) < 4.78 is 11.3. The lowest BCUT2D eigenvalue weighted by atomic mass is 9.94. The molecule has 0 bridgehead atoms. The lowest BCUT2D eigenvalue weighted by Gasteiger charge is -2.29. The third-order valence-corrected chi connectivity index (χ3v) is 3.06. The molecule has 0 radical (unpaired) electrons. The Morgan fingerprint density at radius 2 is 2.19 bits per heavy atom. The third-order valence-electron chi connectivity index (χ3n) is 3.06. The quantitative estimate of drug-likeness (QED) is 0.414. The molecule has 0 aliphatic carbocycles. The van der Waals surface area contributed by atoms with Crippen LogP contribution in [-0.2, 0) is 4.74 Å². The summed E-state index contributed by atoms with van der Waals surface area (Å²) in [6.45, 7) is 3.92. The van der Waals surface area contributed by atoms with Crippen LogP contribution in [0.5, 0.6) is 5.75 Å². The van der Waals surface area contributed by atoms with E-state index >= 15 is 0 Å². The lowest BCUT2D eigenvalue weighted by Crippen LogP contribution is -2.37. The summed E-state index contributed by atoms with van der Waals surface area (Å²) in [7, 11) is 0. The summed E-state index contributed by atoms with van der Waals surface area (Å²) in [6, 6.07) is 4.64. The van der Waals surface area contributed by atoms with Crippen molar-refractivity contribution in [1.29, 1.82) is 0 Å². The van der Waals surface area contributed by atoms with Crippen LogP contribution in [0, 0.1) is 10.1 Å². The molecular weight excluding hydrogens is 210 g/mol. The number of epoxide rings is 1. The summed E-state index contributed by atoms with van der Waals surface area (Å²) in [5.41, 5.74) is 0.517. The van der Waals surface area contributed by atoms with Gasteiger partial charge >= 0.3 is 0 Å². The van der Waals surface area contributed by atoms with Crippen molar-refractivity contribution < 1.29 is 14.4 Å². The van der Waals surface area contributed by atoms with Crippen molar-refractivity contribution in [2.45, 2.75) is 31.7 Å². The first-order chi connectivity index (χ1) is 7.49. The number of fused-ring (bicyclic) bond motifs is 3. The highest BCUT2D eigenvalue weighted by atomic mass is 16.6. The first kappa shape index (κ1) is 9.59. The van der Waals surface area contributed by atoms with E-state index in [1.165, 1.54) is 12.1 Å². The molecule has 1 unspecified atom stereocenters. The van der Waals surface area contributed by atoms with Gasteiger partial charge in [0.1, 0.15) is 23.6 Å². The average molecular weight is 221 g/mol. The zero-order chi connectivity index (χ0) is 11.5. The van der Waals surface area contributed by atoms with Gasteiger partial charge < -0.3 is 9.47 Å². The number of nitro groups is 1. The number of nitrogens with zero attached hydrogens (tertiary/aromatic N) is 1. The molecule has 3 rings (SSSR count). The molecule has 1 aromatic rings. The molecule has 0 saturated carbocycles. The molecule has 0 spiro atoms.